The number of anilines is 1. The van der Waals surface area contributed by atoms with E-state index in [1.165, 1.54) is 4.31 Å². The van der Waals surface area contributed by atoms with Gasteiger partial charge in [0.2, 0.25) is 20.0 Å². The van der Waals surface area contributed by atoms with Crippen molar-refractivity contribution in [2.75, 3.05) is 31.6 Å². The molecule has 0 bridgehead atoms. The van der Waals surface area contributed by atoms with Crippen LogP contribution < -0.4 is 9.62 Å². The first kappa shape index (κ1) is 29.0. The van der Waals surface area contributed by atoms with Gasteiger partial charge in [0.05, 0.1) is 16.4 Å². The Hall–Kier alpha value is -1.98. The molecule has 0 unspecified atom stereocenters. The first-order valence-corrected chi connectivity index (χ1v) is 16.4. The van der Waals surface area contributed by atoms with E-state index >= 15 is 0 Å². The van der Waals surface area contributed by atoms with Crippen molar-refractivity contribution in [1.82, 2.24) is 9.03 Å². The first-order valence-electron chi connectivity index (χ1n) is 13.5. The Morgan fingerprint density at radius 3 is 2.13 bits per heavy atom. The van der Waals surface area contributed by atoms with Crippen LogP contribution in [0.4, 0.5) is 5.69 Å². The summed E-state index contributed by atoms with van der Waals surface area (Å²) in [5.41, 5.74) is 1.80. The van der Waals surface area contributed by atoms with E-state index in [1.54, 1.807) is 24.3 Å². The van der Waals surface area contributed by atoms with Crippen molar-refractivity contribution >= 4 is 25.7 Å². The Kier molecular flexibility index (Phi) is 8.88. The first-order chi connectivity index (χ1) is 17.9. The fourth-order valence-corrected chi connectivity index (χ4v) is 8.44. The fraction of sp³-hybridized carbons (Fsp3) is 0.571. The van der Waals surface area contributed by atoms with Crippen LogP contribution in [0.3, 0.4) is 0 Å². The van der Waals surface area contributed by atoms with Gasteiger partial charge in [-0.2, -0.15) is 4.31 Å². The molecular weight excluding hydrogens is 522 g/mol. The molecule has 210 valence electrons. The van der Waals surface area contributed by atoms with Crippen molar-refractivity contribution in [2.24, 2.45) is 0 Å². The summed E-state index contributed by atoms with van der Waals surface area (Å²) in [7, 11) is -5.16. The largest absolute Gasteiger partial charge is 0.395 e. The predicted octanol–water partition coefficient (Wildman–Crippen LogP) is 3.86. The van der Waals surface area contributed by atoms with Gasteiger partial charge in [-0.25, -0.2) is 21.6 Å². The number of nitrogens with zero attached hydrogens (tertiary/aromatic N) is 2. The van der Waals surface area contributed by atoms with Crippen LogP contribution in [0.25, 0.3) is 0 Å². The van der Waals surface area contributed by atoms with Crippen molar-refractivity contribution < 1.29 is 21.9 Å². The normalized spacial score (nSPS) is 19.7. The van der Waals surface area contributed by atoms with Crippen LogP contribution in [0.15, 0.2) is 58.3 Å². The topological polar surface area (TPSA) is 107 Å². The van der Waals surface area contributed by atoms with Crippen molar-refractivity contribution in [3.05, 3.63) is 54.1 Å². The minimum absolute atomic E-state index is 0.0403. The Balaban J connectivity index is 1.37. The van der Waals surface area contributed by atoms with Crippen LogP contribution in [0.1, 0.15) is 64.4 Å². The molecule has 1 heterocycles. The summed E-state index contributed by atoms with van der Waals surface area (Å²) in [5.74, 6) is 0. The quantitative estimate of drug-likeness (QED) is 0.430. The number of sulfonamides is 2. The van der Waals surface area contributed by atoms with Crippen LogP contribution in [0, 0.1) is 0 Å². The van der Waals surface area contributed by atoms with Crippen LogP contribution in [-0.4, -0.2) is 65.1 Å². The highest BCUT2D eigenvalue weighted by atomic mass is 32.2. The molecule has 4 rings (SSSR count). The van der Waals surface area contributed by atoms with E-state index in [0.717, 1.165) is 56.3 Å². The fourth-order valence-electron chi connectivity index (χ4n) is 5.45. The van der Waals surface area contributed by atoms with Crippen molar-refractivity contribution in [3.8, 4) is 0 Å². The molecule has 1 aliphatic heterocycles. The van der Waals surface area contributed by atoms with Gasteiger partial charge in [0.15, 0.2) is 0 Å². The van der Waals surface area contributed by atoms with Gasteiger partial charge in [0.1, 0.15) is 0 Å². The lowest BCUT2D eigenvalue weighted by Crippen LogP contribution is -2.37. The van der Waals surface area contributed by atoms with Gasteiger partial charge in [-0.05, 0) is 79.5 Å². The zero-order chi connectivity index (χ0) is 27.6. The van der Waals surface area contributed by atoms with Crippen molar-refractivity contribution in [3.63, 3.8) is 0 Å². The maximum absolute atomic E-state index is 13.0. The number of aliphatic hydroxyl groups is 1. The summed E-state index contributed by atoms with van der Waals surface area (Å²) in [6.45, 7) is 5.30. The van der Waals surface area contributed by atoms with Crippen LogP contribution in [0.2, 0.25) is 0 Å². The van der Waals surface area contributed by atoms with Crippen molar-refractivity contribution in [2.45, 2.75) is 86.1 Å². The van der Waals surface area contributed by atoms with E-state index in [-0.39, 0.29) is 29.0 Å². The average Bonchev–Trinajstić information content (AvgIpc) is 3.59. The molecule has 2 fully saturated rings. The molecule has 1 aliphatic carbocycles. The highest BCUT2D eigenvalue weighted by Gasteiger charge is 2.34. The number of hydrogen-bond donors (Lipinski definition) is 2. The van der Waals surface area contributed by atoms with Gasteiger partial charge < -0.3 is 10.0 Å². The number of rotatable bonds is 11. The van der Waals surface area contributed by atoms with E-state index in [0.29, 0.717) is 17.9 Å². The van der Waals surface area contributed by atoms with E-state index in [1.807, 2.05) is 31.3 Å². The lowest BCUT2D eigenvalue weighted by atomic mass is 9.81. The van der Waals surface area contributed by atoms with Crippen LogP contribution in [0.5, 0.6) is 0 Å². The SMILES string of the molecule is CN(CCC(C)(C)c1ccc(S(=O)(=O)NC2CCCC2)cc1)c1ccc(S(=O)(=O)N2CCC[C@@H]2CO)cc1. The third-order valence-electron chi connectivity index (χ3n) is 8.11. The lowest BCUT2D eigenvalue weighted by Gasteiger charge is -2.29. The summed E-state index contributed by atoms with van der Waals surface area (Å²) < 4.78 is 55.8. The van der Waals surface area contributed by atoms with Crippen molar-refractivity contribution in [1.29, 1.82) is 0 Å². The van der Waals surface area contributed by atoms with E-state index in [4.69, 9.17) is 0 Å². The summed E-state index contributed by atoms with van der Waals surface area (Å²) in [4.78, 5) is 2.64. The Labute approximate surface area is 228 Å². The molecule has 8 nitrogen and oxygen atoms in total. The molecular formula is C28H41N3O5S2. The molecule has 0 amide bonds. The second-order valence-corrected chi connectivity index (χ2v) is 14.9. The van der Waals surface area contributed by atoms with Gasteiger partial charge in [-0.1, -0.05) is 38.8 Å². The minimum atomic E-state index is -3.63. The molecule has 38 heavy (non-hydrogen) atoms. The molecule has 1 saturated heterocycles. The lowest BCUT2D eigenvalue weighted by molar-refractivity contribution is 0.213. The number of nitrogens with one attached hydrogen (secondary N) is 1. The van der Waals surface area contributed by atoms with Gasteiger partial charge in [0, 0.05) is 37.9 Å². The van der Waals surface area contributed by atoms with Gasteiger partial charge in [-0.15, -0.1) is 0 Å². The highest BCUT2D eigenvalue weighted by Crippen LogP contribution is 2.31. The summed E-state index contributed by atoms with van der Waals surface area (Å²) in [6.07, 6.45) is 6.21. The van der Waals surface area contributed by atoms with Crippen LogP contribution >= 0.6 is 0 Å². The maximum atomic E-state index is 13.0. The Bertz CT molecular complexity index is 1290. The second kappa shape index (κ2) is 11.6. The second-order valence-electron chi connectivity index (χ2n) is 11.3. The third-order valence-corrected chi connectivity index (χ3v) is 11.6. The molecule has 1 saturated carbocycles. The Morgan fingerprint density at radius 1 is 0.921 bits per heavy atom. The number of hydrogen-bond acceptors (Lipinski definition) is 6. The molecule has 2 aromatic rings. The molecule has 2 aliphatic rings. The molecule has 0 spiro atoms. The molecule has 2 aromatic carbocycles. The minimum Gasteiger partial charge on any atom is -0.395 e. The zero-order valence-corrected chi connectivity index (χ0v) is 24.3. The summed E-state index contributed by atoms with van der Waals surface area (Å²) >= 11 is 0. The molecule has 10 heteroatoms. The third kappa shape index (κ3) is 6.42. The van der Waals surface area contributed by atoms with E-state index < -0.39 is 20.0 Å². The van der Waals surface area contributed by atoms with Crippen LogP contribution in [-0.2, 0) is 25.5 Å². The molecule has 2 N–H and O–H groups in total. The monoisotopic (exact) mass is 563 g/mol. The summed E-state index contributed by atoms with van der Waals surface area (Å²) in [5, 5.41) is 9.53. The van der Waals surface area contributed by atoms with E-state index in [9.17, 15) is 21.9 Å². The number of benzene rings is 2. The van der Waals surface area contributed by atoms with Gasteiger partial charge in [0.25, 0.3) is 0 Å². The molecule has 0 radical (unpaired) electrons. The Morgan fingerprint density at radius 2 is 1.53 bits per heavy atom. The standard InChI is InChI=1S/C28H41N3O5S2/c1-28(2,22-10-14-26(15-11-22)37(33,34)29-23-7-4-5-8-23)18-20-30(3)24-12-16-27(17-13-24)38(35,36)31-19-6-9-25(31)21-32/h10-17,23,25,29,32H,4-9,18-21H2,1-3H3/t25-/m1/s1. The zero-order valence-electron chi connectivity index (χ0n) is 22.6. The van der Waals surface area contributed by atoms with Gasteiger partial charge >= 0.3 is 0 Å². The molecule has 1 atom stereocenters. The highest BCUT2D eigenvalue weighted by molar-refractivity contribution is 7.89. The smallest absolute Gasteiger partial charge is 0.243 e. The maximum Gasteiger partial charge on any atom is 0.243 e. The van der Waals surface area contributed by atoms with E-state index in [2.05, 4.69) is 23.5 Å². The average molecular weight is 564 g/mol. The predicted molar refractivity (Wildman–Crippen MR) is 150 cm³/mol. The summed E-state index contributed by atoms with van der Waals surface area (Å²) in [6, 6.07) is 13.8. The molecule has 0 aromatic heterocycles. The van der Waals surface area contributed by atoms with Gasteiger partial charge in [-0.3, -0.25) is 0 Å². The number of aliphatic hydroxyl groups excluding tert-OH is 1.